The zero-order valence-electron chi connectivity index (χ0n) is 11.5. The average Bonchev–Trinajstić information content (AvgIpc) is 2.52. The summed E-state index contributed by atoms with van der Waals surface area (Å²) in [7, 11) is 0. The van der Waals surface area contributed by atoms with Gasteiger partial charge in [0.25, 0.3) is 5.91 Å². The van der Waals surface area contributed by atoms with Gasteiger partial charge in [0.15, 0.2) is 0 Å². The Labute approximate surface area is 113 Å². The summed E-state index contributed by atoms with van der Waals surface area (Å²) in [6.07, 6.45) is 0.642. The number of hydrogen-bond donors (Lipinski definition) is 2. The van der Waals surface area contributed by atoms with Crippen LogP contribution in [0.5, 0.6) is 0 Å². The zero-order valence-corrected chi connectivity index (χ0v) is 12.3. The SMILES string of the molecule is CCC(C)(NC(=O)c1c(C)oc(C)c1C)C(N)=S. The lowest BCUT2D eigenvalue weighted by Crippen LogP contribution is -2.54. The Morgan fingerprint density at radius 3 is 2.28 bits per heavy atom. The predicted octanol–water partition coefficient (Wildman–Crippen LogP) is 2.39. The van der Waals surface area contributed by atoms with Gasteiger partial charge in [0.05, 0.1) is 16.1 Å². The molecule has 3 N–H and O–H groups in total. The molecule has 1 aromatic rings. The highest BCUT2D eigenvalue weighted by Gasteiger charge is 2.30. The molecule has 4 nitrogen and oxygen atoms in total. The van der Waals surface area contributed by atoms with Crippen molar-refractivity contribution in [3.63, 3.8) is 0 Å². The van der Waals surface area contributed by atoms with Crippen molar-refractivity contribution in [1.29, 1.82) is 0 Å². The van der Waals surface area contributed by atoms with Crippen molar-refractivity contribution in [2.45, 2.75) is 46.6 Å². The van der Waals surface area contributed by atoms with Crippen molar-refractivity contribution in [3.8, 4) is 0 Å². The molecule has 1 atom stereocenters. The highest BCUT2D eigenvalue weighted by Crippen LogP contribution is 2.22. The van der Waals surface area contributed by atoms with Gasteiger partial charge >= 0.3 is 0 Å². The summed E-state index contributed by atoms with van der Waals surface area (Å²) >= 11 is 5.01. The molecule has 1 unspecified atom stereocenters. The summed E-state index contributed by atoms with van der Waals surface area (Å²) in [5.41, 5.74) is 6.44. The molecule has 0 aliphatic heterocycles. The quantitative estimate of drug-likeness (QED) is 0.823. The molecule has 0 fully saturated rings. The smallest absolute Gasteiger partial charge is 0.255 e. The number of nitrogens with two attached hydrogens (primary N) is 1. The fourth-order valence-corrected chi connectivity index (χ4v) is 1.96. The van der Waals surface area contributed by atoms with Gasteiger partial charge in [-0.05, 0) is 34.1 Å². The molecule has 0 radical (unpaired) electrons. The Morgan fingerprint density at radius 2 is 1.94 bits per heavy atom. The van der Waals surface area contributed by atoms with Crippen LogP contribution >= 0.6 is 12.2 Å². The van der Waals surface area contributed by atoms with Gasteiger partial charge in [0.2, 0.25) is 0 Å². The maximum Gasteiger partial charge on any atom is 0.255 e. The minimum absolute atomic E-state index is 0.195. The second kappa shape index (κ2) is 5.10. The van der Waals surface area contributed by atoms with E-state index >= 15 is 0 Å². The maximum absolute atomic E-state index is 12.3. The third kappa shape index (κ3) is 2.56. The first kappa shape index (κ1) is 14.7. The summed E-state index contributed by atoms with van der Waals surface area (Å²) in [5.74, 6) is 1.18. The van der Waals surface area contributed by atoms with E-state index in [-0.39, 0.29) is 10.9 Å². The maximum atomic E-state index is 12.3. The molecule has 5 heteroatoms. The van der Waals surface area contributed by atoms with Gasteiger partial charge in [0, 0.05) is 5.56 Å². The van der Waals surface area contributed by atoms with E-state index in [1.165, 1.54) is 0 Å². The number of amides is 1. The van der Waals surface area contributed by atoms with Crippen LogP contribution in [-0.2, 0) is 0 Å². The van der Waals surface area contributed by atoms with E-state index in [0.29, 0.717) is 17.7 Å². The van der Waals surface area contributed by atoms with Gasteiger partial charge in [-0.3, -0.25) is 4.79 Å². The summed E-state index contributed by atoms with van der Waals surface area (Å²) in [6, 6.07) is 0. The van der Waals surface area contributed by atoms with Crippen LogP contribution in [0.25, 0.3) is 0 Å². The number of hydrogen-bond acceptors (Lipinski definition) is 3. The largest absolute Gasteiger partial charge is 0.466 e. The Bertz CT molecular complexity index is 493. The monoisotopic (exact) mass is 268 g/mol. The minimum atomic E-state index is -0.670. The fraction of sp³-hybridized carbons (Fsp3) is 0.538. The molecule has 1 heterocycles. The lowest BCUT2D eigenvalue weighted by molar-refractivity contribution is 0.0924. The second-order valence-corrected chi connectivity index (χ2v) is 5.16. The number of furan rings is 1. The molecular formula is C13H20N2O2S. The molecule has 0 aromatic carbocycles. The third-order valence-corrected chi connectivity index (χ3v) is 3.88. The average molecular weight is 268 g/mol. The topological polar surface area (TPSA) is 68.3 Å². The zero-order chi connectivity index (χ0) is 14.1. The van der Waals surface area contributed by atoms with Gasteiger partial charge in [0.1, 0.15) is 11.5 Å². The van der Waals surface area contributed by atoms with Crippen LogP contribution in [0, 0.1) is 20.8 Å². The Morgan fingerprint density at radius 1 is 1.39 bits per heavy atom. The van der Waals surface area contributed by atoms with E-state index in [1.54, 1.807) is 6.92 Å². The molecule has 0 saturated heterocycles. The highest BCUT2D eigenvalue weighted by molar-refractivity contribution is 7.80. The number of rotatable bonds is 4. The Hall–Kier alpha value is -1.36. The Balaban J connectivity index is 3.06. The van der Waals surface area contributed by atoms with Crippen molar-refractivity contribution in [1.82, 2.24) is 5.32 Å². The number of nitrogens with one attached hydrogen (secondary N) is 1. The van der Waals surface area contributed by atoms with Gasteiger partial charge < -0.3 is 15.5 Å². The van der Waals surface area contributed by atoms with E-state index in [9.17, 15) is 4.79 Å². The van der Waals surface area contributed by atoms with E-state index < -0.39 is 5.54 Å². The highest BCUT2D eigenvalue weighted by atomic mass is 32.1. The van der Waals surface area contributed by atoms with Crippen molar-refractivity contribution in [3.05, 3.63) is 22.6 Å². The van der Waals surface area contributed by atoms with Gasteiger partial charge in [-0.15, -0.1) is 0 Å². The van der Waals surface area contributed by atoms with E-state index in [1.807, 2.05) is 27.7 Å². The minimum Gasteiger partial charge on any atom is -0.466 e. The summed E-state index contributed by atoms with van der Waals surface area (Å²) < 4.78 is 5.45. The van der Waals surface area contributed by atoms with Crippen LogP contribution in [0.3, 0.4) is 0 Å². The lowest BCUT2D eigenvalue weighted by Gasteiger charge is -2.28. The van der Waals surface area contributed by atoms with E-state index in [2.05, 4.69) is 5.32 Å². The molecular weight excluding hydrogens is 248 g/mol. The van der Waals surface area contributed by atoms with Crippen molar-refractivity contribution < 1.29 is 9.21 Å². The first-order chi connectivity index (χ1) is 8.23. The van der Waals surface area contributed by atoms with Crippen molar-refractivity contribution in [2.24, 2.45) is 5.73 Å². The predicted molar refractivity (Wildman–Crippen MR) is 75.9 cm³/mol. The first-order valence-electron chi connectivity index (χ1n) is 5.92. The standard InChI is InChI=1S/C13H20N2O2S/c1-6-13(5,12(14)18)15-11(16)10-7(2)8(3)17-9(10)4/h6H2,1-5H3,(H2,14,18)(H,15,16). The third-order valence-electron chi connectivity index (χ3n) is 3.43. The van der Waals surface area contributed by atoms with E-state index in [4.69, 9.17) is 22.4 Å². The van der Waals surface area contributed by atoms with Crippen LogP contribution in [0.1, 0.15) is 47.7 Å². The molecule has 0 aliphatic rings. The Kier molecular flexibility index (Phi) is 4.16. The molecule has 0 spiro atoms. The van der Waals surface area contributed by atoms with Crippen LogP contribution in [0.2, 0.25) is 0 Å². The number of carbonyl (C=O) groups is 1. The van der Waals surface area contributed by atoms with E-state index in [0.717, 1.165) is 11.3 Å². The molecule has 100 valence electrons. The number of carbonyl (C=O) groups excluding carboxylic acids is 1. The van der Waals surface area contributed by atoms with Crippen LogP contribution in [0.4, 0.5) is 0 Å². The molecule has 1 aromatic heterocycles. The van der Waals surface area contributed by atoms with Crippen LogP contribution in [-0.4, -0.2) is 16.4 Å². The number of thiocarbonyl (C=S) groups is 1. The molecule has 0 bridgehead atoms. The molecule has 18 heavy (non-hydrogen) atoms. The van der Waals surface area contributed by atoms with Crippen molar-refractivity contribution in [2.75, 3.05) is 0 Å². The molecule has 1 amide bonds. The summed E-state index contributed by atoms with van der Waals surface area (Å²) in [4.78, 5) is 12.6. The molecule has 0 saturated carbocycles. The molecule has 0 aliphatic carbocycles. The summed E-state index contributed by atoms with van der Waals surface area (Å²) in [6.45, 7) is 9.24. The normalized spacial score (nSPS) is 14.1. The fourth-order valence-electron chi connectivity index (χ4n) is 1.76. The van der Waals surface area contributed by atoms with Crippen molar-refractivity contribution >= 4 is 23.1 Å². The summed E-state index contributed by atoms with van der Waals surface area (Å²) in [5, 5.41) is 2.89. The lowest BCUT2D eigenvalue weighted by atomic mass is 9.97. The molecule has 1 rings (SSSR count). The second-order valence-electron chi connectivity index (χ2n) is 4.72. The van der Waals surface area contributed by atoms with Crippen LogP contribution < -0.4 is 11.1 Å². The first-order valence-corrected chi connectivity index (χ1v) is 6.32. The van der Waals surface area contributed by atoms with Gasteiger partial charge in [-0.2, -0.15) is 0 Å². The van der Waals surface area contributed by atoms with Gasteiger partial charge in [-0.1, -0.05) is 19.1 Å². The van der Waals surface area contributed by atoms with Crippen LogP contribution in [0.15, 0.2) is 4.42 Å². The number of aryl methyl sites for hydroxylation is 2. The van der Waals surface area contributed by atoms with Gasteiger partial charge in [-0.25, -0.2) is 0 Å².